The van der Waals surface area contributed by atoms with Crippen molar-refractivity contribution in [2.45, 2.75) is 32.4 Å². The molecule has 1 saturated heterocycles. The SMILES string of the molecule is CCC(C)OC(=O)COCCN1CCN(C(c2ccccc2)c2ccc(Cl)cc2)CC1.Cl. The van der Waals surface area contributed by atoms with Gasteiger partial charge in [-0.2, -0.15) is 0 Å². The fourth-order valence-corrected chi connectivity index (χ4v) is 3.96. The third-order valence-electron chi connectivity index (χ3n) is 5.75. The molecule has 1 aliphatic rings. The second-order valence-corrected chi connectivity index (χ2v) is 8.44. The Morgan fingerprint density at radius 2 is 1.62 bits per heavy atom. The quantitative estimate of drug-likeness (QED) is 0.359. The summed E-state index contributed by atoms with van der Waals surface area (Å²) in [6, 6.07) is 19.0. The van der Waals surface area contributed by atoms with E-state index in [1.807, 2.05) is 26.0 Å². The van der Waals surface area contributed by atoms with E-state index in [1.54, 1.807) is 0 Å². The van der Waals surface area contributed by atoms with Gasteiger partial charge in [0.2, 0.25) is 0 Å². The summed E-state index contributed by atoms with van der Waals surface area (Å²) in [6.07, 6.45) is 0.762. The lowest BCUT2D eigenvalue weighted by atomic mass is 9.96. The maximum absolute atomic E-state index is 11.7. The molecular formula is C25H34Cl2N2O3. The topological polar surface area (TPSA) is 42.0 Å². The molecule has 0 N–H and O–H groups in total. The lowest BCUT2D eigenvalue weighted by molar-refractivity contribution is -0.153. The average Bonchev–Trinajstić information content (AvgIpc) is 2.80. The summed E-state index contributed by atoms with van der Waals surface area (Å²) in [6.45, 7) is 9.15. The molecule has 2 atom stereocenters. The molecule has 0 radical (unpaired) electrons. The van der Waals surface area contributed by atoms with E-state index in [0.29, 0.717) is 6.61 Å². The van der Waals surface area contributed by atoms with Gasteiger partial charge >= 0.3 is 5.97 Å². The van der Waals surface area contributed by atoms with Crippen LogP contribution < -0.4 is 0 Å². The highest BCUT2D eigenvalue weighted by Crippen LogP contribution is 2.30. The molecule has 32 heavy (non-hydrogen) atoms. The summed E-state index contributed by atoms with van der Waals surface area (Å²) < 4.78 is 10.8. The molecule has 0 bridgehead atoms. The van der Waals surface area contributed by atoms with Crippen LogP contribution in [0.15, 0.2) is 54.6 Å². The van der Waals surface area contributed by atoms with E-state index in [-0.39, 0.29) is 37.1 Å². The van der Waals surface area contributed by atoms with Crippen LogP contribution in [0.5, 0.6) is 0 Å². The van der Waals surface area contributed by atoms with Crippen LogP contribution in [0.4, 0.5) is 0 Å². The first kappa shape index (κ1) is 26.6. The molecule has 2 unspecified atom stereocenters. The van der Waals surface area contributed by atoms with Crippen molar-refractivity contribution in [2.24, 2.45) is 0 Å². The first-order valence-electron chi connectivity index (χ1n) is 11.1. The van der Waals surface area contributed by atoms with Crippen LogP contribution in [0.2, 0.25) is 5.02 Å². The van der Waals surface area contributed by atoms with Gasteiger partial charge in [-0.3, -0.25) is 9.80 Å². The number of nitrogens with zero attached hydrogens (tertiary/aromatic N) is 2. The number of piperazine rings is 1. The molecule has 0 aromatic heterocycles. The zero-order chi connectivity index (χ0) is 22.1. The van der Waals surface area contributed by atoms with E-state index < -0.39 is 0 Å². The summed E-state index contributed by atoms with van der Waals surface area (Å²) in [4.78, 5) is 16.6. The van der Waals surface area contributed by atoms with Crippen LogP contribution >= 0.6 is 24.0 Å². The van der Waals surface area contributed by atoms with Crippen molar-refractivity contribution in [1.29, 1.82) is 0 Å². The highest BCUT2D eigenvalue weighted by atomic mass is 35.5. The fraction of sp³-hybridized carbons (Fsp3) is 0.480. The number of hydrogen-bond donors (Lipinski definition) is 0. The number of benzene rings is 2. The van der Waals surface area contributed by atoms with E-state index in [2.05, 4.69) is 52.3 Å². The number of carbonyl (C=O) groups excluding carboxylic acids is 1. The van der Waals surface area contributed by atoms with Gasteiger partial charge in [0.25, 0.3) is 0 Å². The van der Waals surface area contributed by atoms with Crippen molar-refractivity contribution in [1.82, 2.24) is 9.80 Å². The summed E-state index contributed by atoms with van der Waals surface area (Å²) in [5.74, 6) is -0.284. The Morgan fingerprint density at radius 1 is 1.00 bits per heavy atom. The predicted molar refractivity (Wildman–Crippen MR) is 132 cm³/mol. The van der Waals surface area contributed by atoms with Gasteiger partial charge in [0.15, 0.2) is 0 Å². The maximum atomic E-state index is 11.7. The Kier molecular flexibility index (Phi) is 11.5. The maximum Gasteiger partial charge on any atom is 0.332 e. The second-order valence-electron chi connectivity index (χ2n) is 8.00. The Hall–Kier alpha value is -1.63. The molecule has 7 heteroatoms. The minimum atomic E-state index is -0.284. The lowest BCUT2D eigenvalue weighted by Crippen LogP contribution is -2.48. The fourth-order valence-electron chi connectivity index (χ4n) is 3.83. The zero-order valence-corrected chi connectivity index (χ0v) is 20.5. The molecule has 2 aromatic rings. The van der Waals surface area contributed by atoms with Gasteiger partial charge in [-0.05, 0) is 36.6 Å². The molecule has 0 aliphatic carbocycles. The predicted octanol–water partition coefficient (Wildman–Crippen LogP) is 4.83. The van der Waals surface area contributed by atoms with Crippen LogP contribution in [-0.4, -0.2) is 67.8 Å². The van der Waals surface area contributed by atoms with E-state index in [4.69, 9.17) is 21.1 Å². The molecule has 0 saturated carbocycles. The van der Waals surface area contributed by atoms with Gasteiger partial charge in [0.05, 0.1) is 18.8 Å². The third-order valence-corrected chi connectivity index (χ3v) is 6.00. The summed E-state index contributed by atoms with van der Waals surface area (Å²) >= 11 is 6.12. The van der Waals surface area contributed by atoms with E-state index in [1.165, 1.54) is 11.1 Å². The minimum absolute atomic E-state index is 0. The first-order chi connectivity index (χ1) is 15.1. The van der Waals surface area contributed by atoms with Crippen molar-refractivity contribution >= 4 is 30.0 Å². The number of hydrogen-bond acceptors (Lipinski definition) is 5. The highest BCUT2D eigenvalue weighted by Gasteiger charge is 2.26. The van der Waals surface area contributed by atoms with Crippen LogP contribution in [-0.2, 0) is 14.3 Å². The van der Waals surface area contributed by atoms with Gasteiger partial charge in [0.1, 0.15) is 6.61 Å². The van der Waals surface area contributed by atoms with Gasteiger partial charge in [-0.1, -0.05) is 61.0 Å². The molecule has 2 aromatic carbocycles. The molecule has 3 rings (SSSR count). The summed E-state index contributed by atoms with van der Waals surface area (Å²) in [5.41, 5.74) is 2.55. The van der Waals surface area contributed by atoms with E-state index in [0.717, 1.165) is 44.2 Å². The number of ether oxygens (including phenoxy) is 2. The molecule has 1 heterocycles. The van der Waals surface area contributed by atoms with Crippen molar-refractivity contribution in [3.63, 3.8) is 0 Å². The largest absolute Gasteiger partial charge is 0.461 e. The van der Waals surface area contributed by atoms with Gasteiger partial charge in [-0.25, -0.2) is 4.79 Å². The van der Waals surface area contributed by atoms with Crippen molar-refractivity contribution in [3.8, 4) is 0 Å². The Labute approximate surface area is 203 Å². The molecule has 176 valence electrons. The van der Waals surface area contributed by atoms with Crippen LogP contribution in [0.25, 0.3) is 0 Å². The Bertz CT molecular complexity index is 797. The average molecular weight is 481 g/mol. The van der Waals surface area contributed by atoms with Crippen molar-refractivity contribution < 1.29 is 14.3 Å². The van der Waals surface area contributed by atoms with Gasteiger partial charge in [0, 0.05) is 37.7 Å². The lowest BCUT2D eigenvalue weighted by Gasteiger charge is -2.39. The standard InChI is InChI=1S/C25H33ClN2O3.ClH/c1-3-20(2)31-24(29)19-30-18-17-27-13-15-28(16-14-27)25(21-7-5-4-6-8-21)22-9-11-23(26)12-10-22;/h4-12,20,25H,3,13-19H2,1-2H3;1H. The molecule has 0 spiro atoms. The Balaban J connectivity index is 0.00000363. The van der Waals surface area contributed by atoms with E-state index >= 15 is 0 Å². The van der Waals surface area contributed by atoms with Gasteiger partial charge in [-0.15, -0.1) is 12.4 Å². The monoisotopic (exact) mass is 480 g/mol. The summed E-state index contributed by atoms with van der Waals surface area (Å²) in [7, 11) is 0. The summed E-state index contributed by atoms with van der Waals surface area (Å²) in [5, 5.41) is 0.758. The van der Waals surface area contributed by atoms with E-state index in [9.17, 15) is 4.79 Å². The number of rotatable bonds is 10. The molecule has 1 aliphatic heterocycles. The number of esters is 1. The van der Waals surface area contributed by atoms with Crippen molar-refractivity contribution in [2.75, 3.05) is 45.9 Å². The number of carbonyl (C=O) groups is 1. The first-order valence-corrected chi connectivity index (χ1v) is 11.5. The minimum Gasteiger partial charge on any atom is -0.461 e. The van der Waals surface area contributed by atoms with Crippen LogP contribution in [0.3, 0.4) is 0 Å². The van der Waals surface area contributed by atoms with Crippen LogP contribution in [0.1, 0.15) is 37.4 Å². The third kappa shape index (κ3) is 8.05. The number of halogens is 2. The Morgan fingerprint density at radius 3 is 2.25 bits per heavy atom. The second kappa shape index (κ2) is 13.8. The smallest absolute Gasteiger partial charge is 0.332 e. The highest BCUT2D eigenvalue weighted by molar-refractivity contribution is 6.30. The normalized spacial score (nSPS) is 16.7. The molecule has 1 fully saturated rings. The molecular weight excluding hydrogens is 447 g/mol. The molecule has 5 nitrogen and oxygen atoms in total. The zero-order valence-electron chi connectivity index (χ0n) is 18.9. The van der Waals surface area contributed by atoms with Crippen LogP contribution in [0, 0.1) is 0 Å². The van der Waals surface area contributed by atoms with Crippen molar-refractivity contribution in [3.05, 3.63) is 70.7 Å². The van der Waals surface area contributed by atoms with Gasteiger partial charge < -0.3 is 9.47 Å². The molecule has 0 amide bonds.